The van der Waals surface area contributed by atoms with Crippen molar-refractivity contribution in [2.24, 2.45) is 11.5 Å². The third-order valence-electron chi connectivity index (χ3n) is 2.07. The number of hydrogen-bond donors (Lipinski definition) is 2. The van der Waals surface area contributed by atoms with Crippen LogP contribution < -0.4 is 19.9 Å². The zero-order chi connectivity index (χ0) is 10.9. The van der Waals surface area contributed by atoms with Crippen molar-refractivity contribution >= 4 is 55.7 Å². The number of primary amides is 2. The molecule has 0 aliphatic rings. The Kier molecular flexibility index (Phi) is 3.41. The number of carbonyl (C=O) groups is 2. The van der Waals surface area contributed by atoms with Crippen molar-refractivity contribution < 1.29 is 9.59 Å². The fourth-order valence-corrected chi connectivity index (χ4v) is 1.19. The van der Waals surface area contributed by atoms with E-state index in [2.05, 4.69) is 4.98 Å². The molecule has 0 fully saturated rings. The van der Waals surface area contributed by atoms with Crippen LogP contribution in [0, 0.1) is 0 Å². The predicted octanol–water partition coefficient (Wildman–Crippen LogP) is -3.13. The molecule has 0 bridgehead atoms. The van der Waals surface area contributed by atoms with Crippen molar-refractivity contribution in [2.45, 2.75) is 0 Å². The average molecular weight is 177 g/mol. The summed E-state index contributed by atoms with van der Waals surface area (Å²) in [6.07, 6.45) is 1.49. The minimum atomic E-state index is -0.748. The van der Waals surface area contributed by atoms with Crippen molar-refractivity contribution in [1.82, 2.24) is 4.98 Å². The number of hydrogen-bond acceptors (Lipinski definition) is 3. The van der Waals surface area contributed by atoms with Crippen LogP contribution in [0.1, 0.15) is 20.8 Å². The maximum absolute atomic E-state index is 11.1. The third-order valence-corrected chi connectivity index (χ3v) is 2.07. The summed E-state index contributed by atoms with van der Waals surface area (Å²) in [5.41, 5.74) is 10.2. The predicted molar refractivity (Wildman–Crippen MR) is 52.0 cm³/mol. The molecule has 0 saturated carbocycles. The van der Waals surface area contributed by atoms with Gasteiger partial charge in [-0.1, -0.05) is 0 Å². The van der Waals surface area contributed by atoms with Crippen molar-refractivity contribution in [3.63, 3.8) is 0 Å². The van der Waals surface area contributed by atoms with Crippen LogP contribution in [0.5, 0.6) is 0 Å². The summed E-state index contributed by atoms with van der Waals surface area (Å²) in [5.74, 6) is -1.44. The summed E-state index contributed by atoms with van der Waals surface area (Å²) in [7, 11) is 0. The van der Waals surface area contributed by atoms with Gasteiger partial charge in [0.2, 0.25) is 0 Å². The van der Waals surface area contributed by atoms with Crippen LogP contribution in [0.3, 0.4) is 0 Å². The Labute approximate surface area is 99.0 Å². The summed E-state index contributed by atoms with van der Waals surface area (Å²) in [4.78, 5) is 25.8. The van der Waals surface area contributed by atoms with Gasteiger partial charge in [-0.05, 0) is 0 Å². The van der Waals surface area contributed by atoms with Crippen LogP contribution in [0.4, 0.5) is 0 Å². The van der Waals surface area contributed by atoms with Crippen LogP contribution in [0.25, 0.3) is 0 Å². The van der Waals surface area contributed by atoms with E-state index in [-0.39, 0.29) is 11.3 Å². The summed E-state index contributed by atoms with van der Waals surface area (Å²) in [6, 6.07) is 0. The number of aromatic nitrogens is 1. The second kappa shape index (κ2) is 4.21. The van der Waals surface area contributed by atoms with E-state index in [1.807, 2.05) is 0 Å². The Morgan fingerprint density at radius 2 is 1.79 bits per heavy atom. The normalized spacial score (nSPS) is 10.0. The number of nitrogens with zero attached hydrogens (tertiary/aromatic N) is 1. The van der Waals surface area contributed by atoms with E-state index in [9.17, 15) is 9.59 Å². The van der Waals surface area contributed by atoms with E-state index in [1.165, 1.54) is 6.20 Å². The first-order valence-corrected chi connectivity index (χ1v) is 4.01. The van der Waals surface area contributed by atoms with Gasteiger partial charge < -0.3 is 0 Å². The van der Waals surface area contributed by atoms with Crippen LogP contribution >= 0.6 is 0 Å². The topological polar surface area (TPSA) is 99.1 Å². The van der Waals surface area contributed by atoms with Gasteiger partial charge in [-0.25, -0.2) is 0 Å². The first-order chi connectivity index (χ1) is 6.45. The molecule has 62 valence electrons. The summed E-state index contributed by atoms with van der Waals surface area (Å²) in [5, 5.41) is 0. The molecule has 7 heteroatoms. The van der Waals surface area contributed by atoms with E-state index in [1.54, 1.807) is 35.4 Å². The number of rotatable bonds is 2. The number of amides is 2. The van der Waals surface area contributed by atoms with Crippen molar-refractivity contribution in [3.05, 3.63) is 17.5 Å². The fourth-order valence-electron chi connectivity index (χ4n) is 1.19. The molecule has 0 unspecified atom stereocenters. The van der Waals surface area contributed by atoms with Gasteiger partial charge >= 0.3 is 99.2 Å². The monoisotopic (exact) mass is 177 g/mol. The molecule has 5 nitrogen and oxygen atoms in total. The maximum atomic E-state index is 11.1. The van der Waals surface area contributed by atoms with Gasteiger partial charge in [0.25, 0.3) is 0 Å². The van der Waals surface area contributed by atoms with Gasteiger partial charge in [0.15, 0.2) is 0 Å². The quantitative estimate of drug-likeness (QED) is 0.467. The summed E-state index contributed by atoms with van der Waals surface area (Å²) in [6.45, 7) is 0. The molecule has 0 radical (unpaired) electrons. The molecule has 2 amide bonds. The molecule has 1 aromatic heterocycles. The average Bonchev–Trinajstić information content (AvgIpc) is 2.08. The van der Waals surface area contributed by atoms with Crippen molar-refractivity contribution in [1.29, 1.82) is 0 Å². The van der Waals surface area contributed by atoms with E-state index in [4.69, 9.17) is 11.5 Å². The minimum absolute atomic E-state index is 0.0689. The molecule has 0 spiro atoms. The Balaban J connectivity index is 3.53. The van der Waals surface area contributed by atoms with Gasteiger partial charge in [-0.15, -0.1) is 0 Å². The molecule has 1 rings (SSSR count). The number of carbonyl (C=O) groups excluding carboxylic acids is 2. The van der Waals surface area contributed by atoms with E-state index >= 15 is 0 Å². The molecule has 14 heavy (non-hydrogen) atoms. The fraction of sp³-hybridized carbons (Fsp3) is 0. The number of pyridine rings is 1. The molecule has 0 aromatic carbocycles. The van der Waals surface area contributed by atoms with Gasteiger partial charge in [0, 0.05) is 0 Å². The van der Waals surface area contributed by atoms with Crippen LogP contribution in [-0.4, -0.2) is 52.2 Å². The zero-order valence-electron chi connectivity index (χ0n) is 8.00. The van der Waals surface area contributed by atoms with Gasteiger partial charge in [0.1, 0.15) is 0 Å². The third kappa shape index (κ3) is 2.02. The molecule has 1 heterocycles. The molecule has 0 aliphatic carbocycles. The summed E-state index contributed by atoms with van der Waals surface area (Å²) >= 11 is 3.48. The van der Waals surface area contributed by atoms with Crippen LogP contribution in [-0.2, 0) is 0 Å². The van der Waals surface area contributed by atoms with Gasteiger partial charge in [-0.2, -0.15) is 0 Å². The van der Waals surface area contributed by atoms with Crippen molar-refractivity contribution in [2.75, 3.05) is 0 Å². The zero-order valence-corrected chi connectivity index (χ0v) is 8.00. The summed E-state index contributed by atoms with van der Waals surface area (Å²) < 4.78 is 1.44. The Hall–Kier alpha value is -0.715. The second-order valence-corrected chi connectivity index (χ2v) is 3.02. The Bertz CT molecular complexity index is 420. The molecule has 0 atom stereocenters. The van der Waals surface area contributed by atoms with Crippen LogP contribution in [0.15, 0.2) is 6.20 Å². The van der Waals surface area contributed by atoms with E-state index < -0.39 is 11.8 Å². The molecular weight excluding hydrogens is 172 g/mol. The van der Waals surface area contributed by atoms with Gasteiger partial charge in [0.05, 0.1) is 0 Å². The molecule has 0 aliphatic heterocycles. The Morgan fingerprint density at radius 3 is 2.21 bits per heavy atom. The van der Waals surface area contributed by atoms with Crippen LogP contribution in [0.2, 0.25) is 0 Å². The van der Waals surface area contributed by atoms with E-state index in [0.29, 0.717) is 4.24 Å². The first-order valence-electron chi connectivity index (χ1n) is 4.01. The molecule has 4 N–H and O–H groups in total. The number of nitrogens with two attached hydrogens (primary N) is 2. The molecule has 1 aromatic rings. The van der Waals surface area contributed by atoms with Crippen molar-refractivity contribution in [3.8, 4) is 0 Å². The SMILES string of the molecule is [Li][c]1cnc(C(N)=O)c(C(N)=O)[c]1[Li]. The Morgan fingerprint density at radius 1 is 1.21 bits per heavy atom. The first kappa shape index (κ1) is 11.4. The standard InChI is InChI=1S/C7H5N3O2.2Li/c8-6(11)4-2-1-3-10-5(4)7(9)12;;/h3H,(H2,8,11)(H2,9,12);;. The second-order valence-electron chi connectivity index (χ2n) is 3.02. The molecule has 0 saturated heterocycles. The van der Waals surface area contributed by atoms with Gasteiger partial charge in [-0.3, -0.25) is 0 Å². The molecular formula is C7H5Li2N3O2. The van der Waals surface area contributed by atoms with E-state index in [0.717, 1.165) is 4.24 Å².